The SMILES string of the molecule is COc1cc(OC)cc(C(=CC#N)C2=COC(C3=CC=CC(F)(F)C3(F)F)=CO2)c1. The van der Waals surface area contributed by atoms with Crippen molar-refractivity contribution < 1.29 is 36.5 Å². The number of halogens is 4. The highest BCUT2D eigenvalue weighted by Crippen LogP contribution is 2.47. The minimum absolute atomic E-state index is 0.00219. The second kappa shape index (κ2) is 7.99. The number of benzene rings is 1. The van der Waals surface area contributed by atoms with Gasteiger partial charge in [0.2, 0.25) is 0 Å². The first-order valence-electron chi connectivity index (χ1n) is 8.46. The van der Waals surface area contributed by atoms with Gasteiger partial charge in [0.15, 0.2) is 11.5 Å². The molecule has 0 N–H and O–H groups in total. The highest BCUT2D eigenvalue weighted by molar-refractivity contribution is 5.80. The Morgan fingerprint density at radius 2 is 1.70 bits per heavy atom. The third-order valence-corrected chi connectivity index (χ3v) is 4.31. The lowest BCUT2D eigenvalue weighted by Gasteiger charge is -2.30. The van der Waals surface area contributed by atoms with Crippen LogP contribution in [0.15, 0.2) is 72.1 Å². The van der Waals surface area contributed by atoms with Crippen LogP contribution in [0.2, 0.25) is 0 Å². The Bertz CT molecular complexity index is 1020. The van der Waals surface area contributed by atoms with E-state index in [0.717, 1.165) is 30.8 Å². The van der Waals surface area contributed by atoms with Crippen LogP contribution in [0.1, 0.15) is 5.56 Å². The van der Waals surface area contributed by atoms with Crippen molar-refractivity contribution in [3.05, 3.63) is 77.7 Å². The monoisotopic (exact) mass is 421 g/mol. The van der Waals surface area contributed by atoms with E-state index in [1.807, 2.05) is 6.07 Å². The van der Waals surface area contributed by atoms with Crippen LogP contribution in [0, 0.1) is 11.3 Å². The van der Waals surface area contributed by atoms with Gasteiger partial charge in [0.1, 0.15) is 24.0 Å². The molecule has 1 heterocycles. The lowest BCUT2D eigenvalue weighted by molar-refractivity contribution is -0.156. The van der Waals surface area contributed by atoms with E-state index in [1.165, 1.54) is 14.2 Å². The lowest BCUT2D eigenvalue weighted by atomic mass is 9.95. The molecule has 0 spiro atoms. The summed E-state index contributed by atoms with van der Waals surface area (Å²) in [6, 6.07) is 6.66. The quantitative estimate of drug-likeness (QED) is 0.489. The van der Waals surface area contributed by atoms with Crippen LogP contribution in [-0.4, -0.2) is 26.1 Å². The molecule has 1 aliphatic carbocycles. The van der Waals surface area contributed by atoms with Crippen molar-refractivity contribution in [2.24, 2.45) is 0 Å². The molecule has 0 unspecified atom stereocenters. The predicted octanol–water partition coefficient (Wildman–Crippen LogP) is 5.11. The summed E-state index contributed by atoms with van der Waals surface area (Å²) in [7, 11) is 2.89. The van der Waals surface area contributed by atoms with Crippen LogP contribution in [0.3, 0.4) is 0 Å². The smallest absolute Gasteiger partial charge is 0.342 e. The fourth-order valence-corrected chi connectivity index (χ4v) is 2.76. The molecule has 3 rings (SSSR count). The Labute approximate surface area is 169 Å². The maximum absolute atomic E-state index is 14.1. The van der Waals surface area contributed by atoms with Crippen LogP contribution < -0.4 is 9.47 Å². The highest BCUT2D eigenvalue weighted by Gasteiger charge is 2.59. The summed E-state index contributed by atoms with van der Waals surface area (Å²) < 4.78 is 76.2. The molecule has 0 atom stereocenters. The number of hydrogen-bond donors (Lipinski definition) is 0. The fourth-order valence-electron chi connectivity index (χ4n) is 2.76. The summed E-state index contributed by atoms with van der Waals surface area (Å²) in [6.45, 7) is 0. The molecule has 0 fully saturated rings. The van der Waals surface area contributed by atoms with E-state index in [0.29, 0.717) is 17.1 Å². The van der Waals surface area contributed by atoms with Crippen molar-refractivity contribution in [2.75, 3.05) is 14.2 Å². The first-order valence-corrected chi connectivity index (χ1v) is 8.46. The molecule has 2 aliphatic rings. The van der Waals surface area contributed by atoms with Gasteiger partial charge in [0.25, 0.3) is 0 Å². The Morgan fingerprint density at radius 3 is 2.23 bits per heavy atom. The summed E-state index contributed by atoms with van der Waals surface area (Å²) in [5.41, 5.74) is -0.338. The van der Waals surface area contributed by atoms with Gasteiger partial charge in [0, 0.05) is 17.7 Å². The van der Waals surface area contributed by atoms with Crippen LogP contribution in [0.25, 0.3) is 5.57 Å². The molecular formula is C21H15F4NO4. The van der Waals surface area contributed by atoms with Crippen molar-refractivity contribution in [2.45, 2.75) is 11.8 Å². The van der Waals surface area contributed by atoms with Crippen molar-refractivity contribution >= 4 is 5.57 Å². The number of rotatable bonds is 5. The van der Waals surface area contributed by atoms with Gasteiger partial charge >= 0.3 is 11.8 Å². The van der Waals surface area contributed by atoms with Crippen LogP contribution in [-0.2, 0) is 9.47 Å². The van der Waals surface area contributed by atoms with Gasteiger partial charge in [-0.3, -0.25) is 0 Å². The summed E-state index contributed by atoms with van der Waals surface area (Å²) in [5.74, 6) is -8.56. The highest BCUT2D eigenvalue weighted by atomic mass is 19.3. The molecule has 0 bridgehead atoms. The maximum atomic E-state index is 14.1. The second-order valence-electron chi connectivity index (χ2n) is 6.13. The molecular weight excluding hydrogens is 406 g/mol. The zero-order valence-electron chi connectivity index (χ0n) is 15.8. The molecule has 0 saturated heterocycles. The van der Waals surface area contributed by atoms with E-state index < -0.39 is 23.2 Å². The molecule has 0 amide bonds. The van der Waals surface area contributed by atoms with E-state index >= 15 is 0 Å². The second-order valence-corrected chi connectivity index (χ2v) is 6.13. The summed E-state index contributed by atoms with van der Waals surface area (Å²) in [4.78, 5) is 0. The molecule has 0 saturated carbocycles. The Kier molecular flexibility index (Phi) is 5.60. The predicted molar refractivity (Wildman–Crippen MR) is 98.6 cm³/mol. The van der Waals surface area contributed by atoms with Crippen molar-refractivity contribution in [1.82, 2.24) is 0 Å². The molecule has 1 aliphatic heterocycles. The molecule has 1 aromatic carbocycles. The molecule has 156 valence electrons. The average molecular weight is 421 g/mol. The largest absolute Gasteiger partial charge is 0.497 e. The number of allylic oxidation sites excluding steroid dienone is 6. The molecule has 0 aromatic heterocycles. The Hall–Kier alpha value is -3.67. The third-order valence-electron chi connectivity index (χ3n) is 4.31. The summed E-state index contributed by atoms with van der Waals surface area (Å²) in [5, 5.41) is 9.14. The Morgan fingerprint density at radius 1 is 1.03 bits per heavy atom. The van der Waals surface area contributed by atoms with E-state index in [-0.39, 0.29) is 17.4 Å². The number of methoxy groups -OCH3 is 2. The lowest BCUT2D eigenvalue weighted by Crippen LogP contribution is -2.42. The standard InChI is InChI=1S/C21H15F4NO4/c1-27-14-8-13(9-15(10-14)28-2)16(5-7-26)18-11-30-19(12-29-18)17-4-3-6-20(22,23)21(17,24)25/h3-6,8-12H,1-2H3. The van der Waals surface area contributed by atoms with Crippen LogP contribution >= 0.6 is 0 Å². The minimum Gasteiger partial charge on any atom is -0.497 e. The zero-order valence-corrected chi connectivity index (χ0v) is 15.8. The minimum atomic E-state index is -4.48. The first-order chi connectivity index (χ1) is 14.2. The molecule has 30 heavy (non-hydrogen) atoms. The van der Waals surface area contributed by atoms with Crippen molar-refractivity contribution in [1.29, 1.82) is 5.26 Å². The van der Waals surface area contributed by atoms with Gasteiger partial charge in [-0.25, -0.2) is 0 Å². The number of nitriles is 1. The van der Waals surface area contributed by atoms with Crippen molar-refractivity contribution in [3.63, 3.8) is 0 Å². The van der Waals surface area contributed by atoms with E-state index in [9.17, 15) is 17.6 Å². The molecule has 0 radical (unpaired) electrons. The van der Waals surface area contributed by atoms with Gasteiger partial charge in [-0.2, -0.15) is 22.8 Å². The van der Waals surface area contributed by atoms with Gasteiger partial charge in [-0.15, -0.1) is 0 Å². The normalized spacial score (nSPS) is 19.4. The van der Waals surface area contributed by atoms with Gasteiger partial charge < -0.3 is 18.9 Å². The Balaban J connectivity index is 1.91. The molecule has 1 aromatic rings. The number of nitrogens with zero attached hydrogens (tertiary/aromatic N) is 1. The first kappa shape index (κ1) is 21.0. The summed E-state index contributed by atoms with van der Waals surface area (Å²) in [6.07, 6.45) is 4.65. The maximum Gasteiger partial charge on any atom is 0.342 e. The van der Waals surface area contributed by atoms with E-state index in [1.54, 1.807) is 18.2 Å². The van der Waals surface area contributed by atoms with Crippen LogP contribution in [0.5, 0.6) is 11.5 Å². The molecule has 5 nitrogen and oxygen atoms in total. The van der Waals surface area contributed by atoms with Gasteiger partial charge in [-0.05, 0) is 29.8 Å². The zero-order chi connectivity index (χ0) is 21.9. The number of alkyl halides is 4. The van der Waals surface area contributed by atoms with Gasteiger partial charge in [-0.1, -0.05) is 6.08 Å². The van der Waals surface area contributed by atoms with Gasteiger partial charge in [0.05, 0.1) is 25.9 Å². The van der Waals surface area contributed by atoms with Crippen LogP contribution in [0.4, 0.5) is 17.6 Å². The topological polar surface area (TPSA) is 60.7 Å². The van der Waals surface area contributed by atoms with Crippen molar-refractivity contribution in [3.8, 4) is 17.6 Å². The van der Waals surface area contributed by atoms with E-state index in [2.05, 4.69) is 0 Å². The average Bonchev–Trinajstić information content (AvgIpc) is 2.73. The summed E-state index contributed by atoms with van der Waals surface area (Å²) >= 11 is 0. The number of ether oxygens (including phenoxy) is 4. The number of hydrogen-bond acceptors (Lipinski definition) is 5. The fraction of sp³-hybridized carbons (Fsp3) is 0.190. The third kappa shape index (κ3) is 3.76. The van der Waals surface area contributed by atoms with E-state index in [4.69, 9.17) is 24.2 Å². The molecule has 9 heteroatoms.